The number of hydrogen-bond donors (Lipinski definition) is 1. The number of rotatable bonds is 2. The zero-order valence-electron chi connectivity index (χ0n) is 17.4. The SMILES string of the molecule is C[C@@H]1CN(C(=O)OC(C)(C)C)CCCN1S(=O)(=O)c1cccc2c(O)ncc(F)c12. The van der Waals surface area contributed by atoms with E-state index in [1.54, 1.807) is 27.7 Å². The van der Waals surface area contributed by atoms with Gasteiger partial charge in [0.05, 0.1) is 11.1 Å². The summed E-state index contributed by atoms with van der Waals surface area (Å²) in [5.41, 5.74) is -0.658. The number of ether oxygens (including phenoxy) is 1. The van der Waals surface area contributed by atoms with Crippen molar-refractivity contribution in [2.75, 3.05) is 19.6 Å². The lowest BCUT2D eigenvalue weighted by atomic mass is 10.1. The number of sulfonamides is 1. The zero-order chi connectivity index (χ0) is 22.3. The lowest BCUT2D eigenvalue weighted by Crippen LogP contribution is -2.45. The van der Waals surface area contributed by atoms with Crippen molar-refractivity contribution in [3.8, 4) is 5.88 Å². The Morgan fingerprint density at radius 1 is 1.30 bits per heavy atom. The Balaban J connectivity index is 1.95. The maximum absolute atomic E-state index is 14.5. The molecule has 1 aliphatic heterocycles. The van der Waals surface area contributed by atoms with Crippen molar-refractivity contribution in [1.29, 1.82) is 0 Å². The average molecular weight is 440 g/mol. The van der Waals surface area contributed by atoms with E-state index >= 15 is 0 Å². The minimum absolute atomic E-state index is 0.0222. The summed E-state index contributed by atoms with van der Waals surface area (Å²) in [5, 5.41) is 9.76. The molecule has 1 atom stereocenters. The quantitative estimate of drug-likeness (QED) is 0.772. The first-order valence-corrected chi connectivity index (χ1v) is 11.1. The third-order valence-electron chi connectivity index (χ3n) is 4.83. The Labute approximate surface area is 175 Å². The largest absolute Gasteiger partial charge is 0.493 e. The fraction of sp³-hybridized carbons (Fsp3) is 0.500. The van der Waals surface area contributed by atoms with Crippen LogP contribution in [0.5, 0.6) is 5.88 Å². The van der Waals surface area contributed by atoms with Crippen molar-refractivity contribution in [3.05, 3.63) is 30.2 Å². The molecule has 1 fully saturated rings. The Morgan fingerprint density at radius 2 is 2.00 bits per heavy atom. The molecule has 2 aromatic rings. The molecule has 1 aromatic heterocycles. The van der Waals surface area contributed by atoms with Gasteiger partial charge in [0.25, 0.3) is 0 Å². The molecule has 30 heavy (non-hydrogen) atoms. The monoisotopic (exact) mass is 439 g/mol. The summed E-state index contributed by atoms with van der Waals surface area (Å²) < 4.78 is 48.1. The number of pyridine rings is 1. The number of fused-ring (bicyclic) bond motifs is 1. The second kappa shape index (κ2) is 7.99. The molecule has 1 N–H and O–H groups in total. The fourth-order valence-electron chi connectivity index (χ4n) is 3.55. The molecule has 1 aliphatic rings. The normalized spacial score (nSPS) is 19.0. The highest BCUT2D eigenvalue weighted by Crippen LogP contribution is 2.33. The predicted octanol–water partition coefficient (Wildman–Crippen LogP) is 3.10. The smallest absolute Gasteiger partial charge is 0.410 e. The lowest BCUT2D eigenvalue weighted by Gasteiger charge is -2.30. The van der Waals surface area contributed by atoms with Crippen molar-refractivity contribution >= 4 is 26.9 Å². The molecule has 0 bridgehead atoms. The summed E-state index contributed by atoms with van der Waals surface area (Å²) in [6, 6.07) is 3.60. The number of aromatic hydroxyl groups is 1. The van der Waals surface area contributed by atoms with E-state index in [4.69, 9.17) is 4.74 Å². The first-order valence-electron chi connectivity index (χ1n) is 9.68. The van der Waals surface area contributed by atoms with Gasteiger partial charge in [-0.05, 0) is 46.2 Å². The number of carbonyl (C=O) groups excluding carboxylic acids is 1. The topological polar surface area (TPSA) is 100 Å². The van der Waals surface area contributed by atoms with Gasteiger partial charge in [-0.15, -0.1) is 0 Å². The predicted molar refractivity (Wildman–Crippen MR) is 109 cm³/mol. The van der Waals surface area contributed by atoms with Gasteiger partial charge >= 0.3 is 6.09 Å². The highest BCUT2D eigenvalue weighted by atomic mass is 32.2. The summed E-state index contributed by atoms with van der Waals surface area (Å²) in [5.74, 6) is -1.27. The van der Waals surface area contributed by atoms with E-state index in [0.717, 1.165) is 6.20 Å². The van der Waals surface area contributed by atoms with E-state index in [1.807, 2.05) is 0 Å². The minimum Gasteiger partial charge on any atom is -0.493 e. The van der Waals surface area contributed by atoms with Gasteiger partial charge in [-0.1, -0.05) is 6.07 Å². The molecular weight excluding hydrogens is 413 g/mol. The van der Waals surface area contributed by atoms with Crippen molar-refractivity contribution in [2.24, 2.45) is 0 Å². The van der Waals surface area contributed by atoms with Gasteiger partial charge in [0.2, 0.25) is 15.9 Å². The van der Waals surface area contributed by atoms with Crippen LogP contribution in [0.25, 0.3) is 10.8 Å². The zero-order valence-corrected chi connectivity index (χ0v) is 18.2. The van der Waals surface area contributed by atoms with E-state index in [0.29, 0.717) is 13.0 Å². The molecule has 0 radical (unpaired) electrons. The molecule has 0 spiro atoms. The van der Waals surface area contributed by atoms with Crippen LogP contribution < -0.4 is 0 Å². The molecule has 10 heteroatoms. The van der Waals surface area contributed by atoms with Crippen molar-refractivity contribution < 1.29 is 27.4 Å². The molecule has 8 nitrogen and oxygen atoms in total. The highest BCUT2D eigenvalue weighted by Gasteiger charge is 2.36. The van der Waals surface area contributed by atoms with Crippen LogP contribution in [0.15, 0.2) is 29.3 Å². The van der Waals surface area contributed by atoms with E-state index in [9.17, 15) is 22.7 Å². The van der Waals surface area contributed by atoms with E-state index < -0.39 is 39.5 Å². The van der Waals surface area contributed by atoms with Crippen molar-refractivity contribution in [1.82, 2.24) is 14.2 Å². The van der Waals surface area contributed by atoms with Crippen molar-refractivity contribution in [3.63, 3.8) is 0 Å². The second-order valence-electron chi connectivity index (χ2n) is 8.35. The van der Waals surface area contributed by atoms with Gasteiger partial charge in [-0.2, -0.15) is 4.31 Å². The average Bonchev–Trinajstić information content (AvgIpc) is 2.85. The van der Waals surface area contributed by atoms with Crippen LogP contribution >= 0.6 is 0 Å². The van der Waals surface area contributed by atoms with Gasteiger partial charge in [-0.3, -0.25) is 0 Å². The maximum Gasteiger partial charge on any atom is 0.410 e. The molecule has 0 unspecified atom stereocenters. The molecular formula is C20H26FN3O5S. The lowest BCUT2D eigenvalue weighted by molar-refractivity contribution is 0.0244. The second-order valence-corrected chi connectivity index (χ2v) is 10.2. The summed E-state index contributed by atoms with van der Waals surface area (Å²) in [6.45, 7) is 7.65. The molecule has 164 valence electrons. The fourth-order valence-corrected chi connectivity index (χ4v) is 5.42. The van der Waals surface area contributed by atoms with E-state index in [1.165, 1.54) is 27.4 Å². The van der Waals surface area contributed by atoms with Crippen LogP contribution in [0.3, 0.4) is 0 Å². The Morgan fingerprint density at radius 3 is 2.67 bits per heavy atom. The van der Waals surface area contributed by atoms with Gasteiger partial charge < -0.3 is 14.7 Å². The summed E-state index contributed by atoms with van der Waals surface area (Å²) in [7, 11) is -4.11. The summed E-state index contributed by atoms with van der Waals surface area (Å²) in [6.07, 6.45) is 0.705. The maximum atomic E-state index is 14.5. The molecule has 0 aliphatic carbocycles. The standard InChI is InChI=1S/C20H26FN3O5S/c1-13-12-23(19(26)29-20(2,3)4)9-6-10-24(13)30(27,28)16-8-5-7-14-17(16)15(21)11-22-18(14)25/h5,7-8,11,13H,6,9-10,12H2,1-4H3,(H,22,25)/t13-/m1/s1. The molecule has 1 amide bonds. The van der Waals surface area contributed by atoms with Crippen molar-refractivity contribution in [2.45, 2.75) is 50.7 Å². The summed E-state index contributed by atoms with van der Waals surface area (Å²) >= 11 is 0. The van der Waals surface area contributed by atoms with E-state index in [-0.39, 0.29) is 28.8 Å². The van der Waals surface area contributed by atoms with Crippen LogP contribution in [0.1, 0.15) is 34.1 Å². The first-order chi connectivity index (χ1) is 13.9. The Bertz CT molecular complexity index is 1070. The molecule has 1 saturated heterocycles. The number of hydrogen-bond acceptors (Lipinski definition) is 6. The van der Waals surface area contributed by atoms with Crippen LogP contribution in [0.4, 0.5) is 9.18 Å². The minimum atomic E-state index is -4.11. The summed E-state index contributed by atoms with van der Waals surface area (Å²) in [4.78, 5) is 17.2. The van der Waals surface area contributed by atoms with Gasteiger partial charge in [0.1, 0.15) is 5.60 Å². The van der Waals surface area contributed by atoms with Gasteiger partial charge in [-0.25, -0.2) is 22.6 Å². The number of halogens is 1. The number of carbonyl (C=O) groups is 1. The third kappa shape index (κ3) is 4.34. The third-order valence-corrected chi connectivity index (χ3v) is 6.88. The Hall–Kier alpha value is -2.46. The molecule has 1 aromatic carbocycles. The number of benzene rings is 1. The number of aromatic nitrogens is 1. The molecule has 0 saturated carbocycles. The number of nitrogens with zero attached hydrogens (tertiary/aromatic N) is 3. The van der Waals surface area contributed by atoms with Gasteiger partial charge in [0, 0.05) is 36.4 Å². The first kappa shape index (κ1) is 22.2. The van der Waals surface area contributed by atoms with Crippen LogP contribution in [0.2, 0.25) is 0 Å². The van der Waals surface area contributed by atoms with E-state index in [2.05, 4.69) is 4.98 Å². The molecule has 2 heterocycles. The van der Waals surface area contributed by atoms with Crippen LogP contribution in [-0.4, -0.2) is 65.1 Å². The van der Waals surface area contributed by atoms with Crippen LogP contribution in [0, 0.1) is 5.82 Å². The van der Waals surface area contributed by atoms with Crippen LogP contribution in [-0.2, 0) is 14.8 Å². The molecule has 3 rings (SSSR count). The number of amides is 1. The van der Waals surface area contributed by atoms with Gasteiger partial charge in [0.15, 0.2) is 5.82 Å². The highest BCUT2D eigenvalue weighted by molar-refractivity contribution is 7.89. The Kier molecular flexibility index (Phi) is 5.92.